The summed E-state index contributed by atoms with van der Waals surface area (Å²) in [7, 11) is -3.43. The summed E-state index contributed by atoms with van der Waals surface area (Å²) < 4.78 is 29.6. The molecule has 146 valence electrons. The number of benzene rings is 1. The van der Waals surface area contributed by atoms with Gasteiger partial charge in [0.15, 0.2) is 0 Å². The van der Waals surface area contributed by atoms with Crippen LogP contribution in [0.15, 0.2) is 60.8 Å². The van der Waals surface area contributed by atoms with E-state index in [9.17, 15) is 8.42 Å². The van der Waals surface area contributed by atoms with Crippen LogP contribution in [0, 0.1) is 0 Å². The van der Waals surface area contributed by atoms with Gasteiger partial charge in [-0.05, 0) is 36.6 Å². The van der Waals surface area contributed by atoms with Crippen molar-refractivity contribution in [2.45, 2.75) is 44.0 Å². The molecule has 0 atom stereocenters. The van der Waals surface area contributed by atoms with Crippen molar-refractivity contribution in [1.82, 2.24) is 19.5 Å². The van der Waals surface area contributed by atoms with E-state index in [1.165, 1.54) is 12.8 Å². The monoisotopic (exact) mass is 396 g/mol. The van der Waals surface area contributed by atoms with E-state index in [1.807, 2.05) is 59.3 Å². The number of hydrogen-bond donors (Lipinski definition) is 1. The minimum absolute atomic E-state index is 0.0374. The van der Waals surface area contributed by atoms with Crippen molar-refractivity contribution < 1.29 is 8.42 Å². The van der Waals surface area contributed by atoms with Gasteiger partial charge in [0.1, 0.15) is 0 Å². The molecule has 0 amide bonds. The fraction of sp³-hybridized carbons (Fsp3) is 0.333. The molecule has 0 saturated heterocycles. The van der Waals surface area contributed by atoms with Crippen LogP contribution in [-0.4, -0.2) is 23.2 Å². The molecule has 1 N–H and O–H groups in total. The van der Waals surface area contributed by atoms with E-state index in [-0.39, 0.29) is 12.3 Å². The van der Waals surface area contributed by atoms with Crippen molar-refractivity contribution in [3.63, 3.8) is 0 Å². The quantitative estimate of drug-likeness (QED) is 0.661. The molecule has 0 aliphatic heterocycles. The van der Waals surface area contributed by atoms with Gasteiger partial charge in [0.05, 0.1) is 35.4 Å². The fourth-order valence-electron chi connectivity index (χ4n) is 3.69. The Bertz CT molecular complexity index is 1010. The SMILES string of the molecule is O=S(=O)(Cc1ccccc1)NCc1cc(-c2ccccn2)n(C2CCCC2)n1. The molecule has 4 rings (SSSR count). The summed E-state index contributed by atoms with van der Waals surface area (Å²) in [6.45, 7) is 0.175. The van der Waals surface area contributed by atoms with Gasteiger partial charge in [0, 0.05) is 6.20 Å². The van der Waals surface area contributed by atoms with Gasteiger partial charge in [0.2, 0.25) is 10.0 Å². The summed E-state index contributed by atoms with van der Waals surface area (Å²) in [6.07, 6.45) is 6.36. The van der Waals surface area contributed by atoms with Crippen molar-refractivity contribution in [2.24, 2.45) is 0 Å². The zero-order valence-corrected chi connectivity index (χ0v) is 16.5. The first-order chi connectivity index (χ1) is 13.6. The second kappa shape index (κ2) is 8.24. The highest BCUT2D eigenvalue weighted by Crippen LogP contribution is 2.33. The second-order valence-electron chi connectivity index (χ2n) is 7.18. The molecule has 1 saturated carbocycles. The smallest absolute Gasteiger partial charge is 0.216 e. The number of pyridine rings is 1. The zero-order valence-electron chi connectivity index (χ0n) is 15.7. The topological polar surface area (TPSA) is 76.9 Å². The lowest BCUT2D eigenvalue weighted by molar-refractivity contribution is 0.466. The lowest BCUT2D eigenvalue weighted by atomic mass is 10.2. The van der Waals surface area contributed by atoms with Gasteiger partial charge >= 0.3 is 0 Å². The van der Waals surface area contributed by atoms with Crippen LogP contribution >= 0.6 is 0 Å². The number of rotatable bonds is 7. The summed E-state index contributed by atoms with van der Waals surface area (Å²) in [4.78, 5) is 4.46. The third kappa shape index (κ3) is 4.48. The maximum absolute atomic E-state index is 12.4. The molecule has 7 heteroatoms. The van der Waals surface area contributed by atoms with Crippen LogP contribution < -0.4 is 4.72 Å². The molecule has 1 aliphatic carbocycles. The normalized spacial score (nSPS) is 15.1. The van der Waals surface area contributed by atoms with Gasteiger partial charge in [-0.1, -0.05) is 49.2 Å². The van der Waals surface area contributed by atoms with Crippen LogP contribution in [0.2, 0.25) is 0 Å². The molecule has 1 fully saturated rings. The molecule has 6 nitrogen and oxygen atoms in total. The standard InChI is InChI=1S/C21H24N4O2S/c26-28(27,16-17-8-2-1-3-9-17)23-15-18-14-21(20-12-6-7-13-22-20)25(24-18)19-10-4-5-11-19/h1-3,6-9,12-14,19,23H,4-5,10-11,15-16H2. The number of nitrogens with zero attached hydrogens (tertiary/aromatic N) is 3. The van der Waals surface area contributed by atoms with Crippen LogP contribution in [0.5, 0.6) is 0 Å². The summed E-state index contributed by atoms with van der Waals surface area (Å²) >= 11 is 0. The first-order valence-electron chi connectivity index (χ1n) is 9.62. The Morgan fingerprint density at radius 2 is 1.79 bits per heavy atom. The van der Waals surface area contributed by atoms with Gasteiger partial charge in [-0.2, -0.15) is 5.10 Å². The third-order valence-corrected chi connectivity index (χ3v) is 6.35. The third-order valence-electron chi connectivity index (χ3n) is 5.06. The van der Waals surface area contributed by atoms with Crippen molar-refractivity contribution in [2.75, 3.05) is 0 Å². The minimum Gasteiger partial charge on any atom is -0.260 e. The van der Waals surface area contributed by atoms with E-state index in [0.29, 0.717) is 11.7 Å². The Labute approximate surface area is 165 Å². The minimum atomic E-state index is -3.43. The van der Waals surface area contributed by atoms with E-state index < -0.39 is 10.0 Å². The second-order valence-corrected chi connectivity index (χ2v) is 8.99. The lowest BCUT2D eigenvalue weighted by Crippen LogP contribution is -2.25. The molecule has 3 aromatic rings. The van der Waals surface area contributed by atoms with Gasteiger partial charge in [-0.25, -0.2) is 13.1 Å². The molecule has 2 heterocycles. The number of aromatic nitrogens is 3. The van der Waals surface area contributed by atoms with E-state index in [0.717, 1.165) is 29.8 Å². The fourth-order valence-corrected chi connectivity index (χ4v) is 4.79. The Kier molecular flexibility index (Phi) is 5.54. The summed E-state index contributed by atoms with van der Waals surface area (Å²) in [5.74, 6) is -0.0374. The van der Waals surface area contributed by atoms with E-state index in [1.54, 1.807) is 6.20 Å². The van der Waals surface area contributed by atoms with Gasteiger partial charge < -0.3 is 0 Å². The highest BCUT2D eigenvalue weighted by atomic mass is 32.2. The molecule has 0 spiro atoms. The maximum atomic E-state index is 12.4. The zero-order chi connectivity index (χ0) is 19.4. The number of hydrogen-bond acceptors (Lipinski definition) is 4. The lowest BCUT2D eigenvalue weighted by Gasteiger charge is -2.13. The Morgan fingerprint density at radius 1 is 1.04 bits per heavy atom. The average molecular weight is 397 g/mol. The maximum Gasteiger partial charge on any atom is 0.216 e. The highest BCUT2D eigenvalue weighted by Gasteiger charge is 2.23. The van der Waals surface area contributed by atoms with Crippen LogP contribution in [0.25, 0.3) is 11.4 Å². The van der Waals surface area contributed by atoms with Gasteiger partial charge in [0.25, 0.3) is 0 Å². The molecule has 2 aromatic heterocycles. The van der Waals surface area contributed by atoms with Crippen LogP contribution in [0.3, 0.4) is 0 Å². The Hall–Kier alpha value is -2.51. The molecule has 0 unspecified atom stereocenters. The van der Waals surface area contributed by atoms with Crippen LogP contribution in [0.1, 0.15) is 43.0 Å². The number of nitrogens with one attached hydrogen (secondary N) is 1. The van der Waals surface area contributed by atoms with Crippen molar-refractivity contribution in [3.05, 3.63) is 72.1 Å². The summed E-state index contributed by atoms with van der Waals surface area (Å²) in [6, 6.07) is 17.3. The molecule has 0 radical (unpaired) electrons. The first-order valence-corrected chi connectivity index (χ1v) is 11.3. The van der Waals surface area contributed by atoms with E-state index in [4.69, 9.17) is 5.10 Å². The first kappa shape index (κ1) is 18.8. The Morgan fingerprint density at radius 3 is 2.50 bits per heavy atom. The average Bonchev–Trinajstić information content (AvgIpc) is 3.37. The molecular weight excluding hydrogens is 372 g/mol. The van der Waals surface area contributed by atoms with Gasteiger partial charge in [-0.15, -0.1) is 0 Å². The predicted octanol–water partition coefficient (Wildman–Crippen LogP) is 3.68. The largest absolute Gasteiger partial charge is 0.260 e. The van der Waals surface area contributed by atoms with Crippen LogP contribution in [0.4, 0.5) is 0 Å². The number of sulfonamides is 1. The molecule has 28 heavy (non-hydrogen) atoms. The summed E-state index contributed by atoms with van der Waals surface area (Å²) in [5, 5.41) is 4.73. The molecular formula is C21H24N4O2S. The van der Waals surface area contributed by atoms with Crippen molar-refractivity contribution in [3.8, 4) is 11.4 Å². The Balaban J connectivity index is 1.53. The van der Waals surface area contributed by atoms with E-state index in [2.05, 4.69) is 9.71 Å². The van der Waals surface area contributed by atoms with Crippen LogP contribution in [-0.2, 0) is 22.3 Å². The predicted molar refractivity (Wildman–Crippen MR) is 109 cm³/mol. The van der Waals surface area contributed by atoms with E-state index >= 15 is 0 Å². The molecule has 1 aliphatic rings. The van der Waals surface area contributed by atoms with Crippen molar-refractivity contribution >= 4 is 10.0 Å². The van der Waals surface area contributed by atoms with Gasteiger partial charge in [-0.3, -0.25) is 9.67 Å². The summed E-state index contributed by atoms with van der Waals surface area (Å²) in [5.41, 5.74) is 3.29. The molecule has 0 bridgehead atoms. The highest BCUT2D eigenvalue weighted by molar-refractivity contribution is 7.88. The van der Waals surface area contributed by atoms with Crippen molar-refractivity contribution in [1.29, 1.82) is 0 Å². The molecule has 1 aromatic carbocycles.